The van der Waals surface area contributed by atoms with Crippen molar-refractivity contribution in [2.75, 3.05) is 18.0 Å². The van der Waals surface area contributed by atoms with Crippen LogP contribution in [0.3, 0.4) is 0 Å². The second-order valence-corrected chi connectivity index (χ2v) is 5.15. The van der Waals surface area contributed by atoms with E-state index in [0.29, 0.717) is 5.76 Å². The Morgan fingerprint density at radius 1 is 1.23 bits per heavy atom. The first-order valence-corrected chi connectivity index (χ1v) is 7.05. The molecule has 1 aromatic carbocycles. The fraction of sp³-hybridized carbons (Fsp3) is 0.250. The van der Waals surface area contributed by atoms with Crippen LogP contribution in [0, 0.1) is 0 Å². The highest BCUT2D eigenvalue weighted by Gasteiger charge is 2.20. The number of carboxylic acid groups (broad SMARTS) is 1. The molecular formula is C16H16N2O4. The van der Waals surface area contributed by atoms with Gasteiger partial charge in [0.05, 0.1) is 13.1 Å². The molecule has 0 unspecified atom stereocenters. The second-order valence-electron chi connectivity index (χ2n) is 5.15. The Balaban J connectivity index is 1.54. The molecule has 6 heteroatoms. The number of rotatable bonds is 5. The van der Waals surface area contributed by atoms with Gasteiger partial charge in [-0.25, -0.2) is 4.79 Å². The van der Waals surface area contributed by atoms with Crippen LogP contribution >= 0.6 is 0 Å². The Kier molecular flexibility index (Phi) is 3.82. The van der Waals surface area contributed by atoms with E-state index in [1.807, 2.05) is 23.1 Å². The van der Waals surface area contributed by atoms with E-state index in [0.717, 1.165) is 18.7 Å². The summed E-state index contributed by atoms with van der Waals surface area (Å²) in [5.41, 5.74) is 2.36. The second kappa shape index (κ2) is 5.93. The number of carbonyl (C=O) groups excluding carboxylic acids is 1. The molecule has 1 amide bonds. The number of carboxylic acids is 1. The van der Waals surface area contributed by atoms with Crippen molar-refractivity contribution in [3.05, 3.63) is 53.5 Å². The number of carbonyl (C=O) groups is 2. The van der Waals surface area contributed by atoms with Gasteiger partial charge in [-0.2, -0.15) is 0 Å². The minimum atomic E-state index is -1.12. The monoisotopic (exact) mass is 300 g/mol. The van der Waals surface area contributed by atoms with Gasteiger partial charge in [0.1, 0.15) is 5.76 Å². The molecule has 0 saturated heterocycles. The van der Waals surface area contributed by atoms with Gasteiger partial charge in [0.15, 0.2) is 0 Å². The first-order valence-electron chi connectivity index (χ1n) is 7.05. The molecule has 2 aromatic rings. The van der Waals surface area contributed by atoms with Gasteiger partial charge in [0.25, 0.3) is 0 Å². The van der Waals surface area contributed by atoms with E-state index in [-0.39, 0.29) is 24.8 Å². The third-order valence-electron chi connectivity index (χ3n) is 3.65. The summed E-state index contributed by atoms with van der Waals surface area (Å²) >= 11 is 0. The lowest BCUT2D eigenvalue weighted by molar-refractivity contribution is -0.120. The number of nitrogens with one attached hydrogen (secondary N) is 1. The van der Waals surface area contributed by atoms with E-state index in [9.17, 15) is 9.59 Å². The average molecular weight is 300 g/mol. The summed E-state index contributed by atoms with van der Waals surface area (Å²) in [6, 6.07) is 11.0. The molecule has 22 heavy (non-hydrogen) atoms. The number of aromatic carboxylic acids is 1. The third-order valence-corrected chi connectivity index (χ3v) is 3.65. The Morgan fingerprint density at radius 2 is 2.05 bits per heavy atom. The van der Waals surface area contributed by atoms with Crippen molar-refractivity contribution in [3.8, 4) is 0 Å². The van der Waals surface area contributed by atoms with E-state index in [1.54, 1.807) is 6.07 Å². The van der Waals surface area contributed by atoms with Crippen molar-refractivity contribution in [1.82, 2.24) is 5.32 Å². The summed E-state index contributed by atoms with van der Waals surface area (Å²) in [7, 11) is 0. The van der Waals surface area contributed by atoms with Crippen LogP contribution in [0.4, 0.5) is 5.69 Å². The number of hydrogen-bond donors (Lipinski definition) is 2. The number of nitrogens with zero attached hydrogens (tertiary/aromatic N) is 1. The topological polar surface area (TPSA) is 82.8 Å². The summed E-state index contributed by atoms with van der Waals surface area (Å²) in [4.78, 5) is 24.8. The molecule has 1 aliphatic rings. The molecule has 114 valence electrons. The Bertz CT molecular complexity index is 708. The van der Waals surface area contributed by atoms with Crippen LogP contribution in [0.1, 0.15) is 21.9 Å². The van der Waals surface area contributed by atoms with Crippen LogP contribution < -0.4 is 10.2 Å². The molecule has 1 aliphatic heterocycles. The number of fused-ring (bicyclic) bond motifs is 1. The average Bonchev–Trinajstić information content (AvgIpc) is 3.13. The summed E-state index contributed by atoms with van der Waals surface area (Å²) in [5, 5.41) is 11.5. The highest BCUT2D eigenvalue weighted by molar-refractivity contribution is 5.84. The van der Waals surface area contributed by atoms with Gasteiger partial charge in [0, 0.05) is 12.2 Å². The SMILES string of the molecule is O=C(CN1CCc2ccccc21)NCc1ccc(C(=O)O)o1. The van der Waals surface area contributed by atoms with Crippen LogP contribution in [-0.2, 0) is 17.8 Å². The molecule has 0 bridgehead atoms. The maximum absolute atomic E-state index is 12.0. The van der Waals surface area contributed by atoms with Crippen molar-refractivity contribution in [3.63, 3.8) is 0 Å². The number of anilines is 1. The first kappa shape index (κ1) is 14.2. The van der Waals surface area contributed by atoms with Gasteiger partial charge >= 0.3 is 5.97 Å². The minimum absolute atomic E-state index is 0.120. The van der Waals surface area contributed by atoms with Gasteiger partial charge in [-0.15, -0.1) is 0 Å². The Labute approximate surface area is 127 Å². The first-order chi connectivity index (χ1) is 10.6. The van der Waals surface area contributed by atoms with Crippen molar-refractivity contribution in [2.24, 2.45) is 0 Å². The summed E-state index contributed by atoms with van der Waals surface area (Å²) in [6.45, 7) is 1.29. The van der Waals surface area contributed by atoms with Crippen LogP contribution in [-0.4, -0.2) is 30.1 Å². The molecule has 1 aromatic heterocycles. The number of para-hydroxylation sites is 1. The highest BCUT2D eigenvalue weighted by atomic mass is 16.4. The fourth-order valence-corrected chi connectivity index (χ4v) is 2.57. The van der Waals surface area contributed by atoms with Crippen LogP contribution in [0.15, 0.2) is 40.8 Å². The zero-order chi connectivity index (χ0) is 15.5. The third kappa shape index (κ3) is 2.95. The lowest BCUT2D eigenvalue weighted by Crippen LogP contribution is -2.36. The minimum Gasteiger partial charge on any atom is -0.475 e. The zero-order valence-corrected chi connectivity index (χ0v) is 11.9. The standard InChI is InChI=1S/C16H16N2O4/c19-15(17-9-12-5-6-14(22-12)16(20)21)10-18-8-7-11-3-1-2-4-13(11)18/h1-6H,7-10H2,(H,17,19)(H,20,21). The lowest BCUT2D eigenvalue weighted by Gasteiger charge is -2.18. The molecule has 0 atom stereocenters. The van der Waals surface area contributed by atoms with E-state index in [2.05, 4.69) is 11.4 Å². The molecule has 6 nitrogen and oxygen atoms in total. The van der Waals surface area contributed by atoms with E-state index < -0.39 is 5.97 Å². The lowest BCUT2D eigenvalue weighted by atomic mass is 10.2. The van der Waals surface area contributed by atoms with Gasteiger partial charge in [-0.1, -0.05) is 18.2 Å². The molecule has 0 saturated carbocycles. The van der Waals surface area contributed by atoms with Gasteiger partial charge in [-0.05, 0) is 30.2 Å². The van der Waals surface area contributed by atoms with Crippen molar-refractivity contribution >= 4 is 17.6 Å². The Morgan fingerprint density at radius 3 is 2.82 bits per heavy atom. The summed E-state index contributed by atoms with van der Waals surface area (Å²) < 4.78 is 5.09. The molecular weight excluding hydrogens is 284 g/mol. The molecule has 0 spiro atoms. The molecule has 2 N–H and O–H groups in total. The van der Waals surface area contributed by atoms with Crippen LogP contribution in [0.2, 0.25) is 0 Å². The normalized spacial score (nSPS) is 13.0. The number of hydrogen-bond acceptors (Lipinski definition) is 4. The molecule has 0 aliphatic carbocycles. The smallest absolute Gasteiger partial charge is 0.371 e. The highest BCUT2D eigenvalue weighted by Crippen LogP contribution is 2.26. The predicted molar refractivity (Wildman–Crippen MR) is 79.9 cm³/mol. The fourth-order valence-electron chi connectivity index (χ4n) is 2.57. The van der Waals surface area contributed by atoms with Gasteiger partial charge in [0.2, 0.25) is 11.7 Å². The number of benzene rings is 1. The summed E-state index contributed by atoms with van der Waals surface area (Å²) in [6.07, 6.45) is 0.948. The predicted octanol–water partition coefficient (Wildman–Crippen LogP) is 1.66. The largest absolute Gasteiger partial charge is 0.475 e. The quantitative estimate of drug-likeness (QED) is 0.877. The molecule has 2 heterocycles. The molecule has 0 fully saturated rings. The van der Waals surface area contributed by atoms with Gasteiger partial charge < -0.3 is 19.7 Å². The van der Waals surface area contributed by atoms with E-state index in [4.69, 9.17) is 9.52 Å². The van der Waals surface area contributed by atoms with E-state index in [1.165, 1.54) is 11.6 Å². The number of amides is 1. The van der Waals surface area contributed by atoms with Crippen LogP contribution in [0.5, 0.6) is 0 Å². The maximum atomic E-state index is 12.0. The molecule has 0 radical (unpaired) electrons. The van der Waals surface area contributed by atoms with Crippen LogP contribution in [0.25, 0.3) is 0 Å². The molecule has 3 rings (SSSR count). The van der Waals surface area contributed by atoms with Crippen molar-refractivity contribution in [2.45, 2.75) is 13.0 Å². The maximum Gasteiger partial charge on any atom is 0.371 e. The Hall–Kier alpha value is -2.76. The number of furan rings is 1. The zero-order valence-electron chi connectivity index (χ0n) is 11.9. The van der Waals surface area contributed by atoms with Crippen molar-refractivity contribution < 1.29 is 19.1 Å². The summed E-state index contributed by atoms with van der Waals surface area (Å²) in [5.74, 6) is -0.943. The van der Waals surface area contributed by atoms with E-state index >= 15 is 0 Å². The van der Waals surface area contributed by atoms with Gasteiger partial charge in [-0.3, -0.25) is 4.79 Å². The van der Waals surface area contributed by atoms with Crippen molar-refractivity contribution in [1.29, 1.82) is 0 Å².